The molecule has 1 N–H and O–H groups in total. The molecule has 16 heavy (non-hydrogen) atoms. The first-order valence-electron chi connectivity index (χ1n) is 6.15. The number of carboxylic acid groups (broad SMARTS) is 1. The molecular weight excluding hydrogens is 315 g/mol. The SMILES string of the molecule is CC(C)(C)C(I)CCCCC1(C(=O)O)CC1. The maximum Gasteiger partial charge on any atom is 0.309 e. The van der Waals surface area contributed by atoms with Crippen molar-refractivity contribution in [3.8, 4) is 0 Å². The highest BCUT2D eigenvalue weighted by Crippen LogP contribution is 2.50. The largest absolute Gasteiger partial charge is 0.481 e. The molecule has 0 aromatic rings. The number of aliphatic carboxylic acids is 1. The molecule has 1 unspecified atom stereocenters. The van der Waals surface area contributed by atoms with Gasteiger partial charge in [0.15, 0.2) is 0 Å². The standard InChI is InChI=1S/C13H23IO2/c1-12(2,3)10(14)6-4-5-7-13(8-9-13)11(15)16/h10H,4-9H2,1-3H3,(H,15,16). The van der Waals surface area contributed by atoms with Crippen molar-refractivity contribution in [1.82, 2.24) is 0 Å². The Hall–Kier alpha value is 0.200. The minimum absolute atomic E-state index is 0.317. The maximum absolute atomic E-state index is 11.0. The van der Waals surface area contributed by atoms with Gasteiger partial charge in [0.1, 0.15) is 0 Å². The summed E-state index contributed by atoms with van der Waals surface area (Å²) in [5, 5.41) is 9.04. The molecule has 0 saturated heterocycles. The molecule has 0 bridgehead atoms. The molecule has 1 aliphatic carbocycles. The van der Waals surface area contributed by atoms with E-state index in [1.807, 2.05) is 0 Å². The summed E-state index contributed by atoms with van der Waals surface area (Å²) >= 11 is 2.52. The van der Waals surface area contributed by atoms with Crippen LogP contribution in [0.2, 0.25) is 0 Å². The predicted octanol–water partition coefficient (Wildman–Crippen LogP) is 4.26. The number of carbonyl (C=O) groups is 1. The summed E-state index contributed by atoms with van der Waals surface area (Å²) in [6.07, 6.45) is 6.13. The Labute approximate surface area is 112 Å². The second kappa shape index (κ2) is 5.23. The fraction of sp³-hybridized carbons (Fsp3) is 0.923. The van der Waals surface area contributed by atoms with Crippen molar-refractivity contribution in [3.63, 3.8) is 0 Å². The molecule has 3 heteroatoms. The van der Waals surface area contributed by atoms with Crippen molar-refractivity contribution in [1.29, 1.82) is 0 Å². The first kappa shape index (κ1) is 14.3. The third-order valence-electron chi connectivity index (χ3n) is 3.61. The number of alkyl halides is 1. The first-order valence-corrected chi connectivity index (χ1v) is 7.40. The van der Waals surface area contributed by atoms with E-state index in [0.29, 0.717) is 9.34 Å². The van der Waals surface area contributed by atoms with Gasteiger partial charge in [-0.2, -0.15) is 0 Å². The summed E-state index contributed by atoms with van der Waals surface area (Å²) in [5.74, 6) is -0.575. The highest BCUT2D eigenvalue weighted by molar-refractivity contribution is 14.1. The number of rotatable bonds is 6. The van der Waals surface area contributed by atoms with Gasteiger partial charge in [-0.3, -0.25) is 4.79 Å². The van der Waals surface area contributed by atoms with Gasteiger partial charge in [-0.1, -0.05) is 56.2 Å². The quantitative estimate of drug-likeness (QED) is 0.446. The molecule has 1 atom stereocenters. The average Bonchev–Trinajstić information content (AvgIpc) is 2.91. The van der Waals surface area contributed by atoms with Crippen LogP contribution in [-0.4, -0.2) is 15.0 Å². The molecule has 1 rings (SSSR count). The van der Waals surface area contributed by atoms with E-state index in [2.05, 4.69) is 43.4 Å². The van der Waals surface area contributed by atoms with Crippen molar-refractivity contribution in [2.75, 3.05) is 0 Å². The van der Waals surface area contributed by atoms with Crippen LogP contribution in [0.5, 0.6) is 0 Å². The second-order valence-electron chi connectivity index (χ2n) is 6.16. The number of hydrogen-bond donors (Lipinski definition) is 1. The van der Waals surface area contributed by atoms with Gasteiger partial charge in [-0.15, -0.1) is 0 Å². The molecule has 0 aromatic heterocycles. The normalized spacial score (nSPS) is 20.5. The zero-order valence-electron chi connectivity index (χ0n) is 10.6. The van der Waals surface area contributed by atoms with Crippen LogP contribution in [0.4, 0.5) is 0 Å². The summed E-state index contributed by atoms with van der Waals surface area (Å²) in [6.45, 7) is 6.80. The topological polar surface area (TPSA) is 37.3 Å². The van der Waals surface area contributed by atoms with Gasteiger partial charge in [0.2, 0.25) is 0 Å². The summed E-state index contributed by atoms with van der Waals surface area (Å²) in [4.78, 5) is 11.0. The van der Waals surface area contributed by atoms with Crippen LogP contribution in [-0.2, 0) is 4.79 Å². The molecular formula is C13H23IO2. The van der Waals surface area contributed by atoms with E-state index in [-0.39, 0.29) is 5.41 Å². The van der Waals surface area contributed by atoms with Crippen molar-refractivity contribution in [2.24, 2.45) is 10.8 Å². The lowest BCUT2D eigenvalue weighted by Gasteiger charge is -2.25. The maximum atomic E-state index is 11.0. The number of hydrogen-bond acceptors (Lipinski definition) is 1. The molecule has 94 valence electrons. The van der Waals surface area contributed by atoms with Crippen molar-refractivity contribution < 1.29 is 9.90 Å². The Balaban J connectivity index is 2.16. The molecule has 0 heterocycles. The lowest BCUT2D eigenvalue weighted by Crippen LogP contribution is -2.20. The minimum atomic E-state index is -0.575. The van der Waals surface area contributed by atoms with Crippen LogP contribution in [0.25, 0.3) is 0 Å². The predicted molar refractivity (Wildman–Crippen MR) is 75.0 cm³/mol. The Bertz CT molecular complexity index is 251. The van der Waals surface area contributed by atoms with Crippen LogP contribution in [0.15, 0.2) is 0 Å². The number of halogens is 1. The van der Waals surface area contributed by atoms with E-state index in [0.717, 1.165) is 25.7 Å². The first-order chi connectivity index (χ1) is 7.28. The second-order valence-corrected chi connectivity index (χ2v) is 7.67. The third-order valence-corrected chi connectivity index (χ3v) is 6.10. The summed E-state index contributed by atoms with van der Waals surface area (Å²) in [5.41, 5.74) is 0.0487. The van der Waals surface area contributed by atoms with Crippen molar-refractivity contribution in [3.05, 3.63) is 0 Å². The van der Waals surface area contributed by atoms with E-state index >= 15 is 0 Å². The van der Waals surface area contributed by atoms with E-state index in [9.17, 15) is 4.79 Å². The van der Waals surface area contributed by atoms with Gasteiger partial charge in [0.25, 0.3) is 0 Å². The highest BCUT2D eigenvalue weighted by atomic mass is 127. The average molecular weight is 338 g/mol. The Morgan fingerprint density at radius 1 is 1.38 bits per heavy atom. The Morgan fingerprint density at radius 2 is 1.94 bits per heavy atom. The molecule has 0 aromatic carbocycles. The zero-order chi connectivity index (χ0) is 12.4. The zero-order valence-corrected chi connectivity index (χ0v) is 12.7. The fourth-order valence-electron chi connectivity index (χ4n) is 1.94. The van der Waals surface area contributed by atoms with E-state index < -0.39 is 5.97 Å². The van der Waals surface area contributed by atoms with Crippen LogP contribution in [0.3, 0.4) is 0 Å². The van der Waals surface area contributed by atoms with Gasteiger partial charge in [-0.25, -0.2) is 0 Å². The minimum Gasteiger partial charge on any atom is -0.481 e. The lowest BCUT2D eigenvalue weighted by molar-refractivity contribution is -0.143. The lowest BCUT2D eigenvalue weighted by atomic mass is 9.88. The summed E-state index contributed by atoms with van der Waals surface area (Å²) < 4.78 is 0.685. The van der Waals surface area contributed by atoms with Crippen LogP contribution >= 0.6 is 22.6 Å². The van der Waals surface area contributed by atoms with Gasteiger partial charge in [0.05, 0.1) is 5.41 Å². The van der Waals surface area contributed by atoms with E-state index in [4.69, 9.17) is 5.11 Å². The van der Waals surface area contributed by atoms with Crippen LogP contribution in [0, 0.1) is 10.8 Å². The Kier molecular flexibility index (Phi) is 4.66. The van der Waals surface area contributed by atoms with E-state index in [1.54, 1.807) is 0 Å². The molecule has 0 aliphatic heterocycles. The molecule has 1 fully saturated rings. The van der Waals surface area contributed by atoms with Crippen LogP contribution in [0.1, 0.15) is 59.3 Å². The third kappa shape index (κ3) is 3.90. The van der Waals surface area contributed by atoms with Gasteiger partial charge >= 0.3 is 5.97 Å². The number of carboxylic acids is 1. The summed E-state index contributed by atoms with van der Waals surface area (Å²) in [6, 6.07) is 0. The molecule has 0 spiro atoms. The number of unbranched alkanes of at least 4 members (excludes halogenated alkanes) is 1. The Morgan fingerprint density at radius 3 is 2.31 bits per heavy atom. The molecule has 1 saturated carbocycles. The van der Waals surface area contributed by atoms with Gasteiger partial charge in [-0.05, 0) is 31.1 Å². The van der Waals surface area contributed by atoms with Crippen molar-refractivity contribution in [2.45, 2.75) is 63.2 Å². The van der Waals surface area contributed by atoms with Gasteiger partial charge in [0, 0.05) is 3.92 Å². The molecule has 1 aliphatic rings. The monoisotopic (exact) mass is 338 g/mol. The molecule has 2 nitrogen and oxygen atoms in total. The van der Waals surface area contributed by atoms with Crippen molar-refractivity contribution >= 4 is 28.6 Å². The summed E-state index contributed by atoms with van der Waals surface area (Å²) in [7, 11) is 0. The molecule has 0 amide bonds. The smallest absolute Gasteiger partial charge is 0.309 e. The fourth-order valence-corrected chi connectivity index (χ4v) is 2.38. The van der Waals surface area contributed by atoms with Crippen LogP contribution < -0.4 is 0 Å². The van der Waals surface area contributed by atoms with Gasteiger partial charge < -0.3 is 5.11 Å². The highest BCUT2D eigenvalue weighted by Gasteiger charge is 2.49. The molecule has 0 radical (unpaired) electrons. The van der Waals surface area contributed by atoms with E-state index in [1.165, 1.54) is 12.8 Å².